The summed E-state index contributed by atoms with van der Waals surface area (Å²) in [6.45, 7) is 7.66. The molecule has 0 radical (unpaired) electrons. The maximum absolute atomic E-state index is 16.3. The predicted octanol–water partition coefficient (Wildman–Crippen LogP) is 3.59. The van der Waals surface area contributed by atoms with Crippen LogP contribution < -0.4 is 20.0 Å². The van der Waals surface area contributed by atoms with Crippen molar-refractivity contribution in [3.05, 3.63) is 66.0 Å². The summed E-state index contributed by atoms with van der Waals surface area (Å²) < 4.78 is 24.8. The molecule has 3 saturated heterocycles. The number of aromatic nitrogens is 3. The number of carbonyl (C=O) groups excluding carboxylic acids is 2. The first-order valence-electron chi connectivity index (χ1n) is 16.7. The van der Waals surface area contributed by atoms with Gasteiger partial charge in [0.25, 0.3) is 11.8 Å². The van der Waals surface area contributed by atoms with Crippen LogP contribution in [0.4, 0.5) is 21.2 Å². The van der Waals surface area contributed by atoms with Crippen LogP contribution in [0.25, 0.3) is 0 Å². The molecule has 2 spiro atoms. The number of likely N-dealkylation sites (N-methyl/N-ethyl adjacent to an activating group) is 1. The van der Waals surface area contributed by atoms with E-state index >= 15 is 4.11 Å². The number of aryl methyl sites for hydroxylation is 1. The summed E-state index contributed by atoms with van der Waals surface area (Å²) in [5.41, 5.74) is 1.32. The van der Waals surface area contributed by atoms with Gasteiger partial charge in [0.1, 0.15) is 5.54 Å². The Balaban J connectivity index is 1.25. The minimum atomic E-state index is -3.34. The number of benzene rings is 2. The van der Waals surface area contributed by atoms with Gasteiger partial charge in [0.05, 0.1) is 24.2 Å². The zero-order valence-corrected chi connectivity index (χ0v) is 28.5. The minimum Gasteiger partial charge on any atom is -0.396 e. The molecular weight excluding hydrogens is 618 g/mol. The number of aliphatic hydroxyl groups excluding tert-OH is 1. The van der Waals surface area contributed by atoms with E-state index in [9.17, 15) is 14.7 Å². The largest absolute Gasteiger partial charge is 0.396 e. The molecular formula is C34H44FN7O4Si. The normalized spacial score (nSPS) is 27.1. The molecule has 0 aliphatic carbocycles. The van der Waals surface area contributed by atoms with Gasteiger partial charge in [-0.25, -0.2) is 0 Å². The van der Waals surface area contributed by atoms with Gasteiger partial charge < -0.3 is 29.1 Å². The maximum atomic E-state index is 16.3. The molecule has 11 nitrogen and oxygen atoms in total. The third kappa shape index (κ3) is 5.01. The molecule has 7 rings (SSSR count). The van der Waals surface area contributed by atoms with Crippen molar-refractivity contribution in [2.24, 2.45) is 5.92 Å². The minimum absolute atomic E-state index is 0.0172. The van der Waals surface area contributed by atoms with Gasteiger partial charge >= 0.3 is 0 Å². The summed E-state index contributed by atoms with van der Waals surface area (Å²) in [6, 6.07) is 15.8. The van der Waals surface area contributed by atoms with Gasteiger partial charge in [-0.05, 0) is 75.8 Å². The molecule has 0 saturated carbocycles. The number of rotatable bonds is 8. The highest BCUT2D eigenvalue weighted by Crippen LogP contribution is 2.60. The second-order valence-corrected chi connectivity index (χ2v) is 17.8. The van der Waals surface area contributed by atoms with Gasteiger partial charge in [-0.2, -0.15) is 0 Å². The highest BCUT2D eigenvalue weighted by molar-refractivity contribution is 6.72. The fourth-order valence-electron chi connectivity index (χ4n) is 8.68. The number of nitrogens with zero attached hydrogens (tertiary/aromatic N) is 6. The zero-order valence-electron chi connectivity index (χ0n) is 27.5. The Morgan fingerprint density at radius 1 is 1.09 bits per heavy atom. The second kappa shape index (κ2) is 11.8. The quantitative estimate of drug-likeness (QED) is 0.278. The molecule has 4 atom stereocenters. The lowest BCUT2D eigenvalue weighted by Crippen LogP contribution is -2.55. The first-order valence-corrected chi connectivity index (χ1v) is 19.6. The number of piperidine rings is 1. The van der Waals surface area contributed by atoms with Gasteiger partial charge in [0.15, 0.2) is 5.60 Å². The fourth-order valence-corrected chi connectivity index (χ4v) is 11.2. The zero-order chi connectivity index (χ0) is 33.1. The number of hydrogen-bond donors (Lipinski definition) is 2. The summed E-state index contributed by atoms with van der Waals surface area (Å²) in [5.74, 6) is -0.587. The lowest BCUT2D eigenvalue weighted by molar-refractivity contribution is -0.145. The van der Waals surface area contributed by atoms with E-state index in [0.717, 1.165) is 24.5 Å². The second-order valence-electron chi connectivity index (χ2n) is 14.0. The molecule has 0 bridgehead atoms. The summed E-state index contributed by atoms with van der Waals surface area (Å²) >= 11 is 0. The number of hydrogen-bond acceptors (Lipinski definition) is 8. The van der Waals surface area contributed by atoms with Gasteiger partial charge in [-0.15, -0.1) is 5.10 Å². The molecule has 250 valence electrons. The summed E-state index contributed by atoms with van der Waals surface area (Å²) in [7, 11) is -1.59. The van der Waals surface area contributed by atoms with Crippen LogP contribution in [0.3, 0.4) is 0 Å². The Kier molecular flexibility index (Phi) is 8.01. The lowest BCUT2D eigenvalue weighted by Gasteiger charge is -2.39. The highest BCUT2D eigenvalue weighted by atomic mass is 28.4. The number of amides is 2. The molecule has 1 aromatic heterocycles. The van der Waals surface area contributed by atoms with Crippen LogP contribution in [0.1, 0.15) is 37.4 Å². The SMILES string of the molecule is C[C@@H]1[C@@H]([Si](C)(C)F)[C@H](CCn2cc(CCO)nn2)O[C@@]12C(=O)N(C)c1ccc(N3CN(c4ccccc4)C4(CCNCC4)C3=O)cc12. The molecule has 2 aromatic carbocycles. The van der Waals surface area contributed by atoms with Gasteiger partial charge in [0.2, 0.25) is 8.41 Å². The first kappa shape index (κ1) is 31.9. The van der Waals surface area contributed by atoms with Crippen molar-refractivity contribution in [2.45, 2.75) is 75.0 Å². The smallest absolute Gasteiger partial charge is 0.264 e. The van der Waals surface area contributed by atoms with Crippen LogP contribution in [0.2, 0.25) is 18.6 Å². The highest BCUT2D eigenvalue weighted by Gasteiger charge is 2.66. The number of nitrogens with one attached hydrogen (secondary N) is 1. The number of fused-ring (bicyclic) bond motifs is 2. The Labute approximate surface area is 275 Å². The molecule has 2 amide bonds. The van der Waals surface area contributed by atoms with Crippen molar-refractivity contribution in [3.8, 4) is 0 Å². The topological polar surface area (TPSA) is 116 Å². The Hall–Kier alpha value is -3.65. The lowest BCUT2D eigenvalue weighted by atomic mass is 9.82. The molecule has 4 aliphatic rings. The molecule has 47 heavy (non-hydrogen) atoms. The number of carbonyl (C=O) groups is 2. The molecule has 4 aliphatic heterocycles. The van der Waals surface area contributed by atoms with E-state index in [1.54, 1.807) is 35.9 Å². The van der Waals surface area contributed by atoms with E-state index in [1.807, 2.05) is 48.2 Å². The van der Waals surface area contributed by atoms with Crippen LogP contribution in [-0.2, 0) is 32.9 Å². The van der Waals surface area contributed by atoms with Crippen molar-refractivity contribution >= 4 is 37.3 Å². The number of ether oxygens (including phenoxy) is 1. The van der Waals surface area contributed by atoms with E-state index in [2.05, 4.69) is 32.7 Å². The Bertz CT molecular complexity index is 1660. The van der Waals surface area contributed by atoms with E-state index in [-0.39, 0.29) is 18.4 Å². The molecule has 5 heterocycles. The van der Waals surface area contributed by atoms with E-state index < -0.39 is 37.1 Å². The number of anilines is 3. The van der Waals surface area contributed by atoms with Gasteiger partial charge in [0, 0.05) is 61.2 Å². The van der Waals surface area contributed by atoms with Crippen molar-refractivity contribution < 1.29 is 23.5 Å². The van der Waals surface area contributed by atoms with Gasteiger partial charge in [-0.3, -0.25) is 19.2 Å². The standard InChI is InChI=1S/C34H44FN7O4Si/c1-23-30(47(3,4)35)29(12-18-40-21-24(13-19-43)37-38-40)46-34(23)27-20-26(10-11-28(27)39(2)32(34)45)41-22-42(25-8-6-5-7-9-25)33(31(41)44)14-16-36-17-15-33/h5-11,20-21,23,29-30,36,43H,12-19,22H2,1-4H3/t23-,29+,30-,34+/m1/s1. The molecule has 0 unspecified atom stereocenters. The molecule has 13 heteroatoms. The van der Waals surface area contributed by atoms with Crippen LogP contribution in [-0.4, -0.2) is 85.4 Å². The first-order chi connectivity index (χ1) is 22.5. The Morgan fingerprint density at radius 3 is 2.53 bits per heavy atom. The summed E-state index contributed by atoms with van der Waals surface area (Å²) in [5, 5.41) is 21.0. The van der Waals surface area contributed by atoms with Crippen molar-refractivity contribution in [1.82, 2.24) is 20.3 Å². The third-order valence-corrected chi connectivity index (χ3v) is 13.4. The Morgan fingerprint density at radius 2 is 1.83 bits per heavy atom. The van der Waals surface area contributed by atoms with E-state index in [1.165, 1.54) is 0 Å². The molecule has 2 N–H and O–H groups in total. The third-order valence-electron chi connectivity index (χ3n) is 10.9. The average molecular weight is 662 g/mol. The molecule has 3 aromatic rings. The summed E-state index contributed by atoms with van der Waals surface area (Å²) in [4.78, 5) is 34.4. The number of halogens is 1. The van der Waals surface area contributed by atoms with Gasteiger partial charge in [-0.1, -0.05) is 30.3 Å². The van der Waals surface area contributed by atoms with E-state index in [4.69, 9.17) is 4.74 Å². The van der Waals surface area contributed by atoms with Crippen LogP contribution in [0.15, 0.2) is 54.7 Å². The fraction of sp³-hybridized carbons (Fsp3) is 0.529. The molecule has 3 fully saturated rings. The number of para-hydroxylation sites is 1. The van der Waals surface area contributed by atoms with Crippen molar-refractivity contribution in [1.29, 1.82) is 0 Å². The van der Waals surface area contributed by atoms with Crippen molar-refractivity contribution in [2.75, 3.05) is 48.1 Å². The van der Waals surface area contributed by atoms with Crippen LogP contribution >= 0.6 is 0 Å². The maximum Gasteiger partial charge on any atom is 0.264 e. The van der Waals surface area contributed by atoms with E-state index in [0.29, 0.717) is 55.8 Å². The van der Waals surface area contributed by atoms with Crippen LogP contribution in [0.5, 0.6) is 0 Å². The van der Waals surface area contributed by atoms with Crippen LogP contribution in [0, 0.1) is 5.92 Å². The van der Waals surface area contributed by atoms with Crippen molar-refractivity contribution in [3.63, 3.8) is 0 Å². The summed E-state index contributed by atoms with van der Waals surface area (Å²) in [6.07, 6.45) is 3.52. The number of aliphatic hydroxyl groups is 1. The monoisotopic (exact) mass is 661 g/mol. The predicted molar refractivity (Wildman–Crippen MR) is 179 cm³/mol. The average Bonchev–Trinajstić information content (AvgIpc) is 3.77.